The number of nitrogens with zero attached hydrogens (tertiary/aromatic N) is 3. The first-order chi connectivity index (χ1) is 20.9. The number of rotatable bonds is 14. The molecule has 5 rings (SSSR count). The van der Waals surface area contributed by atoms with E-state index in [-0.39, 0.29) is 24.0 Å². The van der Waals surface area contributed by atoms with Crippen molar-refractivity contribution in [3.8, 4) is 5.75 Å². The monoisotopic (exact) mass is 605 g/mol. The molecule has 3 heterocycles. The molecule has 8 heteroatoms. The van der Waals surface area contributed by atoms with Gasteiger partial charge in [-0.2, -0.15) is 0 Å². The van der Waals surface area contributed by atoms with Crippen LogP contribution in [-0.2, 0) is 19.7 Å². The minimum absolute atomic E-state index is 0.0273. The van der Waals surface area contributed by atoms with Crippen LogP contribution in [0.1, 0.15) is 77.7 Å². The molecule has 7 nitrogen and oxygen atoms in total. The van der Waals surface area contributed by atoms with Crippen molar-refractivity contribution < 1.29 is 19.1 Å². The van der Waals surface area contributed by atoms with Gasteiger partial charge in [0.15, 0.2) is 6.73 Å². The van der Waals surface area contributed by atoms with Crippen LogP contribution in [0.3, 0.4) is 0 Å². The van der Waals surface area contributed by atoms with Crippen LogP contribution in [0.15, 0.2) is 47.8 Å². The zero-order chi connectivity index (χ0) is 30.2. The molecular weight excluding hydrogens is 558 g/mol. The zero-order valence-electron chi connectivity index (χ0n) is 26.1. The van der Waals surface area contributed by atoms with Crippen molar-refractivity contribution in [2.75, 3.05) is 55.9 Å². The van der Waals surface area contributed by atoms with Crippen molar-refractivity contribution in [2.45, 2.75) is 77.6 Å². The molecule has 1 fully saturated rings. The summed E-state index contributed by atoms with van der Waals surface area (Å²) in [5.74, 6) is 0.473. The molecule has 1 amide bonds. The van der Waals surface area contributed by atoms with Crippen molar-refractivity contribution in [3.05, 3.63) is 53.4 Å². The van der Waals surface area contributed by atoms with Crippen molar-refractivity contribution >= 4 is 44.7 Å². The Morgan fingerprint density at radius 3 is 2.60 bits per heavy atom. The van der Waals surface area contributed by atoms with Crippen molar-refractivity contribution in [2.24, 2.45) is 0 Å². The number of hydrogen-bond acceptors (Lipinski definition) is 7. The highest BCUT2D eigenvalue weighted by Crippen LogP contribution is 2.42. The second-order valence-electron chi connectivity index (χ2n) is 12.5. The molecule has 0 unspecified atom stereocenters. The van der Waals surface area contributed by atoms with E-state index in [0.717, 1.165) is 88.2 Å². The molecule has 0 bridgehead atoms. The van der Waals surface area contributed by atoms with Gasteiger partial charge >= 0.3 is 5.97 Å². The molecule has 1 saturated heterocycles. The molecule has 0 spiro atoms. The average molecular weight is 606 g/mol. The number of carbonyl (C=O) groups is 2. The minimum Gasteiger partial charge on any atom is -0.494 e. The van der Waals surface area contributed by atoms with Crippen LogP contribution in [0.25, 0.3) is 10.1 Å². The van der Waals surface area contributed by atoms with Gasteiger partial charge in [-0.05, 0) is 61.0 Å². The molecule has 2 aliphatic rings. The summed E-state index contributed by atoms with van der Waals surface area (Å²) >= 11 is 1.81. The van der Waals surface area contributed by atoms with Gasteiger partial charge in [0.2, 0.25) is 5.91 Å². The van der Waals surface area contributed by atoms with Crippen molar-refractivity contribution in [3.63, 3.8) is 0 Å². The maximum absolute atomic E-state index is 13.1. The van der Waals surface area contributed by atoms with E-state index in [4.69, 9.17) is 9.47 Å². The first-order valence-corrected chi connectivity index (χ1v) is 16.9. The molecule has 0 aliphatic carbocycles. The van der Waals surface area contributed by atoms with E-state index in [1.165, 1.54) is 15.8 Å². The minimum atomic E-state index is -0.286. The Hall–Kier alpha value is -3.10. The molecule has 0 saturated carbocycles. The second kappa shape index (κ2) is 14.6. The normalized spacial score (nSPS) is 16.9. The highest BCUT2D eigenvalue weighted by molar-refractivity contribution is 7.17. The third kappa shape index (κ3) is 7.90. The fourth-order valence-electron chi connectivity index (χ4n) is 6.24. The maximum atomic E-state index is 13.1. The number of unbranched alkanes of at least 4 members (excludes halogenated alkanes) is 4. The Morgan fingerprint density at radius 1 is 0.953 bits per heavy atom. The predicted octanol–water partition coefficient (Wildman–Crippen LogP) is 7.37. The molecular formula is C35H47N3O4S. The molecule has 0 atom stereocenters. The lowest BCUT2D eigenvalue weighted by Crippen LogP contribution is -2.46. The Balaban J connectivity index is 1.08. The third-order valence-electron chi connectivity index (χ3n) is 8.80. The van der Waals surface area contributed by atoms with E-state index in [9.17, 15) is 9.59 Å². The average Bonchev–Trinajstić information content (AvgIpc) is 3.48. The lowest BCUT2D eigenvalue weighted by Gasteiger charge is -2.38. The van der Waals surface area contributed by atoms with Crippen LogP contribution in [0.2, 0.25) is 0 Å². The summed E-state index contributed by atoms with van der Waals surface area (Å²) in [4.78, 5) is 32.1. The summed E-state index contributed by atoms with van der Waals surface area (Å²) < 4.78 is 13.0. The van der Waals surface area contributed by atoms with E-state index < -0.39 is 0 Å². The second-order valence-corrected chi connectivity index (χ2v) is 13.5. The molecule has 2 aromatic carbocycles. The summed E-state index contributed by atoms with van der Waals surface area (Å²) in [5, 5.41) is 3.55. The molecule has 0 N–H and O–H groups in total. The summed E-state index contributed by atoms with van der Waals surface area (Å²) in [6.45, 7) is 12.2. The van der Waals surface area contributed by atoms with Gasteiger partial charge in [-0.3, -0.25) is 19.4 Å². The lowest BCUT2D eigenvalue weighted by molar-refractivity contribution is -0.144. The Morgan fingerprint density at radius 2 is 1.79 bits per heavy atom. The topological polar surface area (TPSA) is 62.3 Å². The zero-order valence-corrected chi connectivity index (χ0v) is 26.9. The van der Waals surface area contributed by atoms with Crippen molar-refractivity contribution in [1.29, 1.82) is 0 Å². The Kier molecular flexibility index (Phi) is 10.6. The molecule has 43 heavy (non-hydrogen) atoms. The Labute approximate surface area is 260 Å². The SMILES string of the molecule is CCCCCCC(=O)OCN1C(=O)CC(C)(C)c2ccc(OCCCCN3CCN(c4cccc5sccc45)CC3)cc21. The highest BCUT2D eigenvalue weighted by Gasteiger charge is 2.37. The molecule has 1 aromatic heterocycles. The van der Waals surface area contributed by atoms with Crippen LogP contribution < -0.4 is 14.5 Å². The number of esters is 1. The van der Waals surface area contributed by atoms with Gasteiger partial charge in [0, 0.05) is 66.3 Å². The van der Waals surface area contributed by atoms with E-state index in [1.807, 2.05) is 23.5 Å². The standard InChI is InChI=1S/C35H47N3O4S/c1-4-5-6-7-13-34(40)42-26-38-31-24-27(14-15-29(31)35(2,3)25-33(38)39)41-22-9-8-17-36-18-20-37(21-19-36)30-11-10-12-32-28(30)16-23-43-32/h10-12,14-16,23-24H,4-9,13,17-22,25-26H2,1-3H3. The van der Waals surface area contributed by atoms with Crippen LogP contribution in [0.4, 0.5) is 11.4 Å². The lowest BCUT2D eigenvalue weighted by atomic mass is 9.77. The third-order valence-corrected chi connectivity index (χ3v) is 9.68. The number of hydrogen-bond donors (Lipinski definition) is 0. The number of piperazine rings is 1. The Bertz CT molecular complexity index is 1380. The van der Waals surface area contributed by atoms with Crippen LogP contribution in [-0.4, -0.2) is 62.8 Å². The number of ether oxygens (including phenoxy) is 2. The van der Waals surface area contributed by atoms with Gasteiger partial charge in [0.25, 0.3) is 0 Å². The summed E-state index contributed by atoms with van der Waals surface area (Å²) in [7, 11) is 0. The highest BCUT2D eigenvalue weighted by atomic mass is 32.1. The fraction of sp³-hybridized carbons (Fsp3) is 0.543. The quantitative estimate of drug-likeness (QED) is 0.141. The van der Waals surface area contributed by atoms with Crippen LogP contribution in [0, 0.1) is 0 Å². The first kappa shape index (κ1) is 31.3. The fourth-order valence-corrected chi connectivity index (χ4v) is 7.05. The van der Waals surface area contributed by atoms with E-state index >= 15 is 0 Å². The molecule has 3 aromatic rings. The van der Waals surface area contributed by atoms with Crippen LogP contribution >= 0.6 is 11.3 Å². The number of carbonyl (C=O) groups excluding carboxylic acids is 2. The molecule has 0 radical (unpaired) electrons. The number of benzene rings is 2. The summed E-state index contributed by atoms with van der Waals surface area (Å²) in [5.41, 5.74) is 2.94. The number of amides is 1. The van der Waals surface area contributed by atoms with Gasteiger partial charge in [-0.25, -0.2) is 0 Å². The van der Waals surface area contributed by atoms with E-state index in [2.05, 4.69) is 66.3 Å². The van der Waals surface area contributed by atoms with Crippen molar-refractivity contribution in [1.82, 2.24) is 4.90 Å². The largest absolute Gasteiger partial charge is 0.494 e. The predicted molar refractivity (Wildman–Crippen MR) is 176 cm³/mol. The van der Waals surface area contributed by atoms with Gasteiger partial charge in [-0.1, -0.05) is 52.2 Å². The van der Waals surface area contributed by atoms with E-state index in [1.54, 1.807) is 4.90 Å². The molecule has 232 valence electrons. The number of fused-ring (bicyclic) bond motifs is 2. The van der Waals surface area contributed by atoms with Gasteiger partial charge in [0.05, 0.1) is 12.3 Å². The summed E-state index contributed by atoms with van der Waals surface area (Å²) in [6, 6.07) is 14.9. The van der Waals surface area contributed by atoms with Gasteiger partial charge in [0.1, 0.15) is 5.75 Å². The summed E-state index contributed by atoms with van der Waals surface area (Å²) in [6.07, 6.45) is 6.91. The smallest absolute Gasteiger partial charge is 0.307 e. The number of thiophene rings is 1. The first-order valence-electron chi connectivity index (χ1n) is 16.0. The number of anilines is 2. The van der Waals surface area contributed by atoms with Crippen LogP contribution in [0.5, 0.6) is 5.75 Å². The van der Waals surface area contributed by atoms with Gasteiger partial charge in [-0.15, -0.1) is 11.3 Å². The molecule has 2 aliphatic heterocycles. The maximum Gasteiger partial charge on any atom is 0.307 e. The van der Waals surface area contributed by atoms with E-state index in [0.29, 0.717) is 19.4 Å². The van der Waals surface area contributed by atoms with Gasteiger partial charge < -0.3 is 14.4 Å².